The number of aryl methyl sites for hydroxylation is 2. The average molecular weight is 520 g/mol. The van der Waals surface area contributed by atoms with Crippen LogP contribution in [0.2, 0.25) is 0 Å². The molecule has 2 atom stereocenters. The van der Waals surface area contributed by atoms with Crippen molar-refractivity contribution in [1.82, 2.24) is 10.1 Å². The average Bonchev–Trinajstić information content (AvgIpc) is 3.29. The first-order valence-electron chi connectivity index (χ1n) is 12.5. The first kappa shape index (κ1) is 27.2. The minimum absolute atomic E-state index is 0.0325. The maximum absolute atomic E-state index is 14.0. The SMILES string of the molecule is CCc1cccc(CN(CC(O)C(N)Cc2cc(F)cc(F)c2)C(=O)c2c(-c3ccccc3)noc2C)c1. The van der Waals surface area contributed by atoms with Gasteiger partial charge < -0.3 is 20.3 Å². The van der Waals surface area contributed by atoms with Crippen LogP contribution >= 0.6 is 0 Å². The summed E-state index contributed by atoms with van der Waals surface area (Å²) < 4.78 is 32.7. The Kier molecular flexibility index (Phi) is 8.66. The minimum Gasteiger partial charge on any atom is -0.390 e. The number of rotatable bonds is 10. The number of aromatic nitrogens is 1. The summed E-state index contributed by atoms with van der Waals surface area (Å²) in [5.41, 5.74) is 10.0. The van der Waals surface area contributed by atoms with Gasteiger partial charge in [0.15, 0.2) is 0 Å². The van der Waals surface area contributed by atoms with Crippen LogP contribution in [0.1, 0.15) is 39.7 Å². The second-order valence-electron chi connectivity index (χ2n) is 9.40. The Bertz CT molecular complexity index is 1370. The van der Waals surface area contributed by atoms with E-state index in [-0.39, 0.29) is 25.4 Å². The Morgan fingerprint density at radius 2 is 1.68 bits per heavy atom. The number of benzene rings is 3. The highest BCUT2D eigenvalue weighted by atomic mass is 19.1. The van der Waals surface area contributed by atoms with Gasteiger partial charge in [0.25, 0.3) is 5.91 Å². The van der Waals surface area contributed by atoms with E-state index in [2.05, 4.69) is 5.16 Å². The molecule has 4 rings (SSSR count). The van der Waals surface area contributed by atoms with Crippen LogP contribution in [0, 0.1) is 18.6 Å². The monoisotopic (exact) mass is 519 g/mol. The highest BCUT2D eigenvalue weighted by molar-refractivity contribution is 6.00. The molecule has 3 N–H and O–H groups in total. The fraction of sp³-hybridized carbons (Fsp3) is 0.267. The molecular weight excluding hydrogens is 488 g/mol. The lowest BCUT2D eigenvalue weighted by molar-refractivity contribution is 0.0553. The van der Waals surface area contributed by atoms with Gasteiger partial charge in [-0.2, -0.15) is 0 Å². The number of hydrogen-bond donors (Lipinski definition) is 2. The number of aliphatic hydroxyl groups excluding tert-OH is 1. The molecule has 1 aromatic heterocycles. The maximum atomic E-state index is 14.0. The lowest BCUT2D eigenvalue weighted by Crippen LogP contribution is -2.46. The summed E-state index contributed by atoms with van der Waals surface area (Å²) in [6.45, 7) is 3.83. The molecule has 0 aliphatic rings. The molecule has 4 aromatic rings. The number of carbonyl (C=O) groups excluding carboxylic acids is 1. The number of carbonyl (C=O) groups is 1. The van der Waals surface area contributed by atoms with Gasteiger partial charge in [0.05, 0.1) is 6.10 Å². The summed E-state index contributed by atoms with van der Waals surface area (Å²) in [5.74, 6) is -1.45. The van der Waals surface area contributed by atoms with Crippen molar-refractivity contribution in [1.29, 1.82) is 0 Å². The summed E-state index contributed by atoms with van der Waals surface area (Å²) in [4.78, 5) is 15.5. The quantitative estimate of drug-likeness (QED) is 0.305. The summed E-state index contributed by atoms with van der Waals surface area (Å²) in [5, 5.41) is 15.2. The Morgan fingerprint density at radius 3 is 2.37 bits per heavy atom. The number of hydrogen-bond acceptors (Lipinski definition) is 5. The van der Waals surface area contributed by atoms with Crippen molar-refractivity contribution in [3.63, 3.8) is 0 Å². The Labute approximate surface area is 220 Å². The van der Waals surface area contributed by atoms with Gasteiger partial charge in [-0.15, -0.1) is 0 Å². The molecule has 0 radical (unpaired) electrons. The molecular formula is C30H31F2N3O3. The van der Waals surface area contributed by atoms with E-state index in [1.165, 1.54) is 17.0 Å². The van der Waals surface area contributed by atoms with Crippen molar-refractivity contribution in [3.8, 4) is 11.3 Å². The van der Waals surface area contributed by atoms with E-state index >= 15 is 0 Å². The van der Waals surface area contributed by atoms with Crippen LogP contribution in [0.25, 0.3) is 11.3 Å². The van der Waals surface area contributed by atoms with Gasteiger partial charge in [0.2, 0.25) is 0 Å². The molecule has 1 amide bonds. The second kappa shape index (κ2) is 12.1. The van der Waals surface area contributed by atoms with Crippen LogP contribution in [0.5, 0.6) is 0 Å². The van der Waals surface area contributed by atoms with E-state index in [1.54, 1.807) is 6.92 Å². The van der Waals surface area contributed by atoms with Crippen molar-refractivity contribution in [2.24, 2.45) is 5.73 Å². The van der Waals surface area contributed by atoms with Crippen molar-refractivity contribution in [2.45, 2.75) is 45.4 Å². The Hall–Kier alpha value is -3.88. The summed E-state index contributed by atoms with van der Waals surface area (Å²) in [6.07, 6.45) is -0.298. The normalized spacial score (nSPS) is 12.8. The molecule has 0 spiro atoms. The summed E-state index contributed by atoms with van der Waals surface area (Å²) in [7, 11) is 0. The topological polar surface area (TPSA) is 92.6 Å². The van der Waals surface area contributed by atoms with Crippen LogP contribution in [-0.2, 0) is 19.4 Å². The van der Waals surface area contributed by atoms with Crippen LogP contribution in [0.4, 0.5) is 8.78 Å². The largest absolute Gasteiger partial charge is 0.390 e. The van der Waals surface area contributed by atoms with Crippen LogP contribution in [0.3, 0.4) is 0 Å². The lowest BCUT2D eigenvalue weighted by Gasteiger charge is -2.28. The predicted molar refractivity (Wildman–Crippen MR) is 141 cm³/mol. The van der Waals surface area contributed by atoms with Gasteiger partial charge in [0, 0.05) is 30.8 Å². The summed E-state index contributed by atoms with van der Waals surface area (Å²) >= 11 is 0. The third-order valence-electron chi connectivity index (χ3n) is 6.48. The van der Waals surface area contributed by atoms with E-state index < -0.39 is 23.8 Å². The smallest absolute Gasteiger partial charge is 0.260 e. The fourth-order valence-electron chi connectivity index (χ4n) is 4.46. The zero-order valence-corrected chi connectivity index (χ0v) is 21.4. The molecule has 0 bridgehead atoms. The molecule has 2 unspecified atom stereocenters. The molecule has 0 saturated heterocycles. The molecule has 3 aromatic carbocycles. The van der Waals surface area contributed by atoms with Crippen LogP contribution in [0.15, 0.2) is 77.3 Å². The highest BCUT2D eigenvalue weighted by Crippen LogP contribution is 2.27. The molecule has 0 aliphatic heterocycles. The number of halogens is 2. The first-order chi connectivity index (χ1) is 18.2. The molecule has 1 heterocycles. The van der Waals surface area contributed by atoms with Crippen molar-refractivity contribution >= 4 is 5.91 Å². The van der Waals surface area contributed by atoms with E-state index in [9.17, 15) is 18.7 Å². The minimum atomic E-state index is -1.17. The molecule has 198 valence electrons. The Morgan fingerprint density at radius 1 is 1.00 bits per heavy atom. The van der Waals surface area contributed by atoms with E-state index in [0.29, 0.717) is 22.6 Å². The van der Waals surface area contributed by atoms with Gasteiger partial charge in [0.1, 0.15) is 28.7 Å². The van der Waals surface area contributed by atoms with Crippen LogP contribution in [-0.4, -0.2) is 39.8 Å². The van der Waals surface area contributed by atoms with Gasteiger partial charge in [-0.3, -0.25) is 4.79 Å². The Balaban J connectivity index is 1.63. The zero-order valence-electron chi connectivity index (χ0n) is 21.4. The van der Waals surface area contributed by atoms with Gasteiger partial charge in [-0.25, -0.2) is 8.78 Å². The maximum Gasteiger partial charge on any atom is 0.260 e. The second-order valence-corrected chi connectivity index (χ2v) is 9.40. The standard InChI is InChI=1S/C30H31F2N3O3/c1-3-20-8-7-9-21(12-20)17-35(18-27(36)26(33)15-22-13-24(31)16-25(32)14-22)30(37)28-19(2)38-34-29(28)23-10-5-4-6-11-23/h4-14,16,26-27,36H,3,15,17-18,33H2,1-2H3. The number of amides is 1. The summed E-state index contributed by atoms with van der Waals surface area (Å²) in [6, 6.07) is 19.4. The van der Waals surface area contributed by atoms with Crippen molar-refractivity contribution < 1.29 is 23.2 Å². The fourth-order valence-corrected chi connectivity index (χ4v) is 4.46. The third kappa shape index (κ3) is 6.51. The van der Waals surface area contributed by atoms with Gasteiger partial charge in [-0.05, 0) is 48.6 Å². The predicted octanol–water partition coefficient (Wildman–Crippen LogP) is 5.06. The molecule has 0 aliphatic carbocycles. The molecule has 8 heteroatoms. The van der Waals surface area contributed by atoms with E-state index in [1.807, 2.05) is 61.5 Å². The molecule has 6 nitrogen and oxygen atoms in total. The van der Waals surface area contributed by atoms with Gasteiger partial charge >= 0.3 is 0 Å². The zero-order chi connectivity index (χ0) is 27.2. The molecule has 38 heavy (non-hydrogen) atoms. The van der Waals surface area contributed by atoms with E-state index in [4.69, 9.17) is 10.3 Å². The van der Waals surface area contributed by atoms with Gasteiger partial charge in [-0.1, -0.05) is 66.7 Å². The first-order valence-corrected chi connectivity index (χ1v) is 12.5. The highest BCUT2D eigenvalue weighted by Gasteiger charge is 2.29. The number of nitrogens with two attached hydrogens (primary N) is 1. The van der Waals surface area contributed by atoms with Crippen molar-refractivity contribution in [3.05, 3.63) is 112 Å². The van der Waals surface area contributed by atoms with Crippen molar-refractivity contribution in [2.75, 3.05) is 6.54 Å². The van der Waals surface area contributed by atoms with E-state index in [0.717, 1.165) is 29.2 Å². The number of nitrogens with zero attached hydrogens (tertiary/aromatic N) is 2. The molecule has 0 saturated carbocycles. The van der Waals surface area contributed by atoms with Crippen LogP contribution < -0.4 is 5.73 Å². The molecule has 0 fully saturated rings. The lowest BCUT2D eigenvalue weighted by atomic mass is 10.00. The third-order valence-corrected chi connectivity index (χ3v) is 6.48. The number of aliphatic hydroxyl groups is 1.